The van der Waals surface area contributed by atoms with E-state index in [9.17, 15) is 4.79 Å². The number of benzene rings is 1. The summed E-state index contributed by atoms with van der Waals surface area (Å²) in [6.07, 6.45) is 3.48. The molecule has 1 aromatic carbocycles. The highest BCUT2D eigenvalue weighted by molar-refractivity contribution is 5.84. The van der Waals surface area contributed by atoms with Crippen LogP contribution in [0.5, 0.6) is 0 Å². The van der Waals surface area contributed by atoms with Crippen LogP contribution in [-0.4, -0.2) is 29.8 Å². The van der Waals surface area contributed by atoms with Gasteiger partial charge in [-0.05, 0) is 31.2 Å². The predicted molar refractivity (Wildman–Crippen MR) is 98.9 cm³/mol. The summed E-state index contributed by atoms with van der Waals surface area (Å²) in [6, 6.07) is 13.1. The Balaban J connectivity index is 1.79. The molecule has 7 nitrogen and oxygen atoms in total. The average Bonchev–Trinajstić information content (AvgIpc) is 3.25. The molecule has 0 aliphatic rings. The van der Waals surface area contributed by atoms with Crippen LogP contribution in [-0.2, 0) is 0 Å². The number of H-pyrrole nitrogens is 2. The van der Waals surface area contributed by atoms with Gasteiger partial charge in [0.1, 0.15) is 0 Å². The van der Waals surface area contributed by atoms with E-state index in [0.29, 0.717) is 11.3 Å². The van der Waals surface area contributed by atoms with Crippen molar-refractivity contribution in [3.8, 4) is 22.5 Å². The van der Waals surface area contributed by atoms with Gasteiger partial charge in [0.25, 0.3) is 5.56 Å². The van der Waals surface area contributed by atoms with Crippen molar-refractivity contribution < 1.29 is 0 Å². The van der Waals surface area contributed by atoms with E-state index in [0.717, 1.165) is 33.4 Å². The maximum absolute atomic E-state index is 12.6. The Morgan fingerprint density at radius 2 is 2.00 bits per heavy atom. The fraction of sp³-hybridized carbons (Fsp3) is 0.0526. The molecule has 4 heterocycles. The normalized spacial score (nSPS) is 11.4. The second-order valence-corrected chi connectivity index (χ2v) is 6.14. The van der Waals surface area contributed by atoms with Gasteiger partial charge in [0.05, 0.1) is 28.7 Å². The predicted octanol–water partition coefficient (Wildman–Crippen LogP) is 2.94. The molecule has 2 N–H and O–H groups in total. The first-order valence-electron chi connectivity index (χ1n) is 8.18. The minimum Gasteiger partial charge on any atom is -0.293 e. The second-order valence-electron chi connectivity index (χ2n) is 6.14. The van der Waals surface area contributed by atoms with E-state index >= 15 is 0 Å². The first kappa shape index (κ1) is 14.6. The molecule has 0 fully saturated rings. The van der Waals surface area contributed by atoms with Crippen molar-refractivity contribution in [1.29, 1.82) is 0 Å². The highest BCUT2D eigenvalue weighted by atomic mass is 16.1. The zero-order valence-electron chi connectivity index (χ0n) is 13.9. The van der Waals surface area contributed by atoms with Gasteiger partial charge in [-0.1, -0.05) is 12.1 Å². The number of rotatable bonds is 2. The van der Waals surface area contributed by atoms with E-state index in [4.69, 9.17) is 4.98 Å². The lowest BCUT2D eigenvalue weighted by atomic mass is 10.1. The minimum atomic E-state index is -0.164. The zero-order chi connectivity index (χ0) is 17.7. The standard InChI is InChI=1S/C19H14N6O/c1-11-18(15-4-2-3-7-20-15)19-22-16(9-17(26)25(19)24-11)12-5-6-14-13(8-12)10-21-23-14/h2-10,24H,1H3,(H,21,23). The zero-order valence-corrected chi connectivity index (χ0v) is 13.9. The molecule has 5 aromatic rings. The third-order valence-corrected chi connectivity index (χ3v) is 4.45. The van der Waals surface area contributed by atoms with Crippen LogP contribution in [0.25, 0.3) is 39.1 Å². The summed E-state index contributed by atoms with van der Waals surface area (Å²) >= 11 is 0. The number of nitrogens with zero attached hydrogens (tertiary/aromatic N) is 4. The molecule has 26 heavy (non-hydrogen) atoms. The quantitative estimate of drug-likeness (QED) is 0.516. The van der Waals surface area contributed by atoms with E-state index in [-0.39, 0.29) is 5.56 Å². The van der Waals surface area contributed by atoms with Gasteiger partial charge in [-0.3, -0.25) is 20.0 Å². The van der Waals surface area contributed by atoms with Crippen LogP contribution in [0.3, 0.4) is 0 Å². The van der Waals surface area contributed by atoms with Crippen LogP contribution < -0.4 is 5.56 Å². The molecular formula is C19H14N6O. The van der Waals surface area contributed by atoms with Gasteiger partial charge in [0, 0.05) is 28.9 Å². The molecule has 0 amide bonds. The van der Waals surface area contributed by atoms with E-state index in [1.54, 1.807) is 12.4 Å². The summed E-state index contributed by atoms with van der Waals surface area (Å²) < 4.78 is 1.46. The third kappa shape index (κ3) is 2.14. The summed E-state index contributed by atoms with van der Waals surface area (Å²) in [4.78, 5) is 21.8. The topological polar surface area (TPSA) is 91.7 Å². The molecule has 0 spiro atoms. The van der Waals surface area contributed by atoms with E-state index < -0.39 is 0 Å². The average molecular weight is 342 g/mol. The molecule has 0 atom stereocenters. The van der Waals surface area contributed by atoms with E-state index in [1.165, 1.54) is 10.6 Å². The number of fused-ring (bicyclic) bond motifs is 2. The van der Waals surface area contributed by atoms with Gasteiger partial charge in [-0.2, -0.15) is 5.10 Å². The van der Waals surface area contributed by atoms with Gasteiger partial charge in [-0.15, -0.1) is 0 Å². The smallest absolute Gasteiger partial charge is 0.273 e. The number of pyridine rings is 1. The highest BCUT2D eigenvalue weighted by Gasteiger charge is 2.16. The fourth-order valence-electron chi connectivity index (χ4n) is 3.22. The third-order valence-electron chi connectivity index (χ3n) is 4.45. The van der Waals surface area contributed by atoms with Crippen LogP contribution in [0.15, 0.2) is 59.7 Å². The number of hydrogen-bond acceptors (Lipinski definition) is 4. The summed E-state index contributed by atoms with van der Waals surface area (Å²) in [7, 11) is 0. The lowest BCUT2D eigenvalue weighted by Crippen LogP contribution is -2.14. The first-order chi connectivity index (χ1) is 12.7. The van der Waals surface area contributed by atoms with E-state index in [2.05, 4.69) is 20.3 Å². The van der Waals surface area contributed by atoms with E-state index in [1.807, 2.05) is 43.3 Å². The van der Waals surface area contributed by atoms with Gasteiger partial charge in [0.15, 0.2) is 5.65 Å². The van der Waals surface area contributed by atoms with Crippen LogP contribution in [0.4, 0.5) is 0 Å². The lowest BCUT2D eigenvalue weighted by Gasteiger charge is -2.03. The molecule has 0 bridgehead atoms. The van der Waals surface area contributed by atoms with Crippen LogP contribution in [0, 0.1) is 6.92 Å². The van der Waals surface area contributed by atoms with Crippen molar-refractivity contribution in [1.82, 2.24) is 29.8 Å². The first-order valence-corrected chi connectivity index (χ1v) is 8.18. The van der Waals surface area contributed by atoms with Crippen molar-refractivity contribution in [2.45, 2.75) is 6.92 Å². The van der Waals surface area contributed by atoms with Crippen molar-refractivity contribution in [2.75, 3.05) is 0 Å². The minimum absolute atomic E-state index is 0.164. The fourth-order valence-corrected chi connectivity index (χ4v) is 3.22. The molecule has 0 radical (unpaired) electrons. The summed E-state index contributed by atoms with van der Waals surface area (Å²) in [5.41, 5.74) is 5.28. The second kappa shape index (κ2) is 5.38. The Labute approximate surface area is 147 Å². The van der Waals surface area contributed by atoms with Crippen LogP contribution >= 0.6 is 0 Å². The number of aromatic amines is 2. The molecule has 0 unspecified atom stereocenters. The number of aryl methyl sites for hydroxylation is 1. The van der Waals surface area contributed by atoms with Crippen molar-refractivity contribution in [3.63, 3.8) is 0 Å². The molecule has 0 aliphatic carbocycles. The van der Waals surface area contributed by atoms with Gasteiger partial charge >= 0.3 is 0 Å². The van der Waals surface area contributed by atoms with Crippen LogP contribution in [0.2, 0.25) is 0 Å². The van der Waals surface area contributed by atoms with Gasteiger partial charge < -0.3 is 0 Å². The Kier molecular flexibility index (Phi) is 3.02. The number of hydrogen-bond donors (Lipinski definition) is 2. The van der Waals surface area contributed by atoms with Crippen molar-refractivity contribution in [3.05, 3.63) is 70.9 Å². The molecule has 4 aromatic heterocycles. The van der Waals surface area contributed by atoms with Crippen LogP contribution in [0.1, 0.15) is 5.69 Å². The highest BCUT2D eigenvalue weighted by Crippen LogP contribution is 2.27. The SMILES string of the molecule is Cc1[nH]n2c(=O)cc(-c3ccc4[nH]ncc4c3)nc2c1-c1ccccn1. The number of nitrogens with one attached hydrogen (secondary N) is 2. The lowest BCUT2D eigenvalue weighted by molar-refractivity contribution is 0.882. The Hall–Kier alpha value is -3.74. The van der Waals surface area contributed by atoms with Crippen molar-refractivity contribution >= 4 is 16.6 Å². The van der Waals surface area contributed by atoms with Crippen molar-refractivity contribution in [2.24, 2.45) is 0 Å². The molecule has 0 saturated carbocycles. The molecule has 0 aliphatic heterocycles. The summed E-state index contributed by atoms with van der Waals surface area (Å²) in [5.74, 6) is 0. The largest absolute Gasteiger partial charge is 0.293 e. The monoisotopic (exact) mass is 342 g/mol. The maximum atomic E-state index is 12.6. The Morgan fingerprint density at radius 3 is 2.85 bits per heavy atom. The molecule has 126 valence electrons. The van der Waals surface area contributed by atoms with Gasteiger partial charge in [-0.25, -0.2) is 9.50 Å². The Morgan fingerprint density at radius 1 is 1.08 bits per heavy atom. The van der Waals surface area contributed by atoms with Gasteiger partial charge in [0.2, 0.25) is 0 Å². The molecular weight excluding hydrogens is 328 g/mol. The molecule has 7 heteroatoms. The number of aromatic nitrogens is 6. The summed E-state index contributed by atoms with van der Waals surface area (Å²) in [5, 5.41) is 11.0. The maximum Gasteiger partial charge on any atom is 0.273 e. The molecule has 5 rings (SSSR count). The Bertz CT molecular complexity index is 1310. The summed E-state index contributed by atoms with van der Waals surface area (Å²) in [6.45, 7) is 1.91. The molecule has 0 saturated heterocycles.